The van der Waals surface area contributed by atoms with Crippen molar-refractivity contribution in [1.82, 2.24) is 9.97 Å². The number of rotatable bonds is 6. The molecule has 0 aliphatic rings. The molecule has 2 aromatic heterocycles. The summed E-state index contributed by atoms with van der Waals surface area (Å²) < 4.78 is 5.12. The first-order valence-corrected chi connectivity index (χ1v) is 7.12. The molecule has 0 spiro atoms. The van der Waals surface area contributed by atoms with E-state index in [1.807, 2.05) is 0 Å². The zero-order valence-corrected chi connectivity index (χ0v) is 11.9. The fourth-order valence-corrected chi connectivity index (χ4v) is 2.75. The predicted molar refractivity (Wildman–Crippen MR) is 76.3 cm³/mol. The predicted octanol–water partition coefficient (Wildman–Crippen LogP) is 3.22. The molecule has 0 fully saturated rings. The van der Waals surface area contributed by atoms with E-state index in [4.69, 9.17) is 4.74 Å². The highest BCUT2D eigenvalue weighted by atomic mass is 32.1. The van der Waals surface area contributed by atoms with Gasteiger partial charge in [-0.25, -0.2) is 9.97 Å². The summed E-state index contributed by atoms with van der Waals surface area (Å²) in [5.41, 5.74) is 0. The van der Waals surface area contributed by atoms with E-state index >= 15 is 0 Å². The van der Waals surface area contributed by atoms with Crippen LogP contribution in [0.2, 0.25) is 0 Å². The minimum absolute atomic E-state index is 0.454. The molecule has 2 aromatic rings. The van der Waals surface area contributed by atoms with Crippen LogP contribution in [0.1, 0.15) is 31.0 Å². The largest absolute Gasteiger partial charge is 0.377 e. The summed E-state index contributed by atoms with van der Waals surface area (Å²) >= 11 is 1.74. The van der Waals surface area contributed by atoms with Gasteiger partial charge < -0.3 is 10.1 Å². The summed E-state index contributed by atoms with van der Waals surface area (Å²) in [5.74, 6) is 1.68. The standard InChI is InChI=1S/C13H19N3OS/c1-4-6-14-12-10-7-9(5-2)18-13(10)16-11(15-12)8-17-3/h7H,4-6,8H2,1-3H3,(H,14,15,16). The Morgan fingerprint density at radius 3 is 2.83 bits per heavy atom. The van der Waals surface area contributed by atoms with Gasteiger partial charge in [-0.2, -0.15) is 0 Å². The van der Waals surface area contributed by atoms with Gasteiger partial charge in [0.1, 0.15) is 17.3 Å². The van der Waals surface area contributed by atoms with Crippen LogP contribution >= 0.6 is 11.3 Å². The number of nitrogens with zero attached hydrogens (tertiary/aromatic N) is 2. The zero-order valence-electron chi connectivity index (χ0n) is 11.1. The van der Waals surface area contributed by atoms with Crippen molar-refractivity contribution >= 4 is 27.4 Å². The summed E-state index contributed by atoms with van der Waals surface area (Å²) in [6.45, 7) is 5.69. The molecule has 4 nitrogen and oxygen atoms in total. The Morgan fingerprint density at radius 2 is 2.17 bits per heavy atom. The third-order valence-electron chi connectivity index (χ3n) is 2.65. The Kier molecular flexibility index (Phi) is 4.49. The number of aryl methyl sites for hydroxylation is 1. The molecule has 0 aliphatic carbocycles. The van der Waals surface area contributed by atoms with E-state index in [2.05, 4.69) is 35.2 Å². The van der Waals surface area contributed by atoms with E-state index in [0.29, 0.717) is 6.61 Å². The van der Waals surface area contributed by atoms with Crippen molar-refractivity contribution in [3.63, 3.8) is 0 Å². The molecule has 0 amide bonds. The molecule has 0 unspecified atom stereocenters. The number of methoxy groups -OCH3 is 1. The van der Waals surface area contributed by atoms with Gasteiger partial charge in [0, 0.05) is 18.5 Å². The van der Waals surface area contributed by atoms with Gasteiger partial charge in [0.05, 0.1) is 5.39 Å². The molecule has 2 heterocycles. The lowest BCUT2D eigenvalue weighted by atomic mass is 10.3. The second-order valence-electron chi connectivity index (χ2n) is 4.13. The number of fused-ring (bicyclic) bond motifs is 1. The van der Waals surface area contributed by atoms with Crippen molar-refractivity contribution in [1.29, 1.82) is 0 Å². The lowest BCUT2D eigenvalue weighted by molar-refractivity contribution is 0.178. The summed E-state index contributed by atoms with van der Waals surface area (Å²) in [6, 6.07) is 2.19. The van der Waals surface area contributed by atoms with Crippen LogP contribution in [0.3, 0.4) is 0 Å². The van der Waals surface area contributed by atoms with E-state index < -0.39 is 0 Å². The average Bonchev–Trinajstić information content (AvgIpc) is 2.79. The van der Waals surface area contributed by atoms with Crippen LogP contribution in [-0.2, 0) is 17.8 Å². The van der Waals surface area contributed by atoms with Crippen LogP contribution in [0.4, 0.5) is 5.82 Å². The normalized spacial score (nSPS) is 11.1. The molecule has 0 aromatic carbocycles. The molecule has 0 saturated carbocycles. The first kappa shape index (κ1) is 13.2. The summed E-state index contributed by atoms with van der Waals surface area (Å²) in [6.07, 6.45) is 2.11. The Balaban J connectivity index is 2.44. The summed E-state index contributed by atoms with van der Waals surface area (Å²) in [7, 11) is 1.67. The lowest BCUT2D eigenvalue weighted by Crippen LogP contribution is -2.05. The fourth-order valence-electron chi connectivity index (χ4n) is 1.76. The van der Waals surface area contributed by atoms with Crippen LogP contribution in [0.5, 0.6) is 0 Å². The molecular formula is C13H19N3OS. The van der Waals surface area contributed by atoms with Gasteiger partial charge in [-0.05, 0) is 18.9 Å². The van der Waals surface area contributed by atoms with Gasteiger partial charge in [-0.15, -0.1) is 11.3 Å². The van der Waals surface area contributed by atoms with Crippen molar-refractivity contribution in [2.75, 3.05) is 19.0 Å². The van der Waals surface area contributed by atoms with Crippen molar-refractivity contribution < 1.29 is 4.74 Å². The molecule has 0 aliphatic heterocycles. The van der Waals surface area contributed by atoms with E-state index in [9.17, 15) is 0 Å². The third kappa shape index (κ3) is 2.79. The maximum absolute atomic E-state index is 5.12. The second-order valence-corrected chi connectivity index (χ2v) is 5.25. The molecule has 2 rings (SSSR count). The van der Waals surface area contributed by atoms with Crippen molar-refractivity contribution in [3.05, 3.63) is 16.8 Å². The minimum Gasteiger partial charge on any atom is -0.377 e. The third-order valence-corrected chi connectivity index (χ3v) is 3.83. The second kappa shape index (κ2) is 6.11. The Morgan fingerprint density at radius 1 is 1.33 bits per heavy atom. The number of ether oxygens (including phenoxy) is 1. The number of hydrogen-bond donors (Lipinski definition) is 1. The Bertz CT molecular complexity index is 524. The first-order chi connectivity index (χ1) is 8.78. The zero-order chi connectivity index (χ0) is 13.0. The van der Waals surface area contributed by atoms with E-state index in [1.54, 1.807) is 18.4 Å². The molecular weight excluding hydrogens is 246 g/mol. The molecule has 18 heavy (non-hydrogen) atoms. The molecule has 1 N–H and O–H groups in total. The van der Waals surface area contributed by atoms with Crippen molar-refractivity contribution in [2.24, 2.45) is 0 Å². The van der Waals surface area contributed by atoms with Gasteiger partial charge in [0.25, 0.3) is 0 Å². The van der Waals surface area contributed by atoms with E-state index in [1.165, 1.54) is 4.88 Å². The maximum atomic E-state index is 5.12. The monoisotopic (exact) mass is 265 g/mol. The smallest absolute Gasteiger partial charge is 0.158 e. The quantitative estimate of drug-likeness (QED) is 0.871. The van der Waals surface area contributed by atoms with Gasteiger partial charge >= 0.3 is 0 Å². The van der Waals surface area contributed by atoms with Crippen LogP contribution in [0, 0.1) is 0 Å². The SMILES string of the molecule is CCCNc1nc(COC)nc2sc(CC)cc12. The minimum atomic E-state index is 0.454. The van der Waals surface area contributed by atoms with Crippen LogP contribution in [0.25, 0.3) is 10.2 Å². The number of hydrogen-bond acceptors (Lipinski definition) is 5. The van der Waals surface area contributed by atoms with Crippen LogP contribution < -0.4 is 5.32 Å². The van der Waals surface area contributed by atoms with Gasteiger partial charge in [-0.3, -0.25) is 0 Å². The Labute approximate surface area is 111 Å². The highest BCUT2D eigenvalue weighted by Gasteiger charge is 2.10. The van der Waals surface area contributed by atoms with Crippen LogP contribution in [-0.4, -0.2) is 23.6 Å². The topological polar surface area (TPSA) is 47.0 Å². The van der Waals surface area contributed by atoms with Gasteiger partial charge in [0.2, 0.25) is 0 Å². The van der Waals surface area contributed by atoms with E-state index in [0.717, 1.165) is 41.2 Å². The molecule has 0 saturated heterocycles. The maximum Gasteiger partial charge on any atom is 0.158 e. The molecule has 5 heteroatoms. The number of anilines is 1. The van der Waals surface area contributed by atoms with Crippen LogP contribution in [0.15, 0.2) is 6.07 Å². The van der Waals surface area contributed by atoms with Gasteiger partial charge in [-0.1, -0.05) is 13.8 Å². The molecule has 98 valence electrons. The van der Waals surface area contributed by atoms with E-state index in [-0.39, 0.29) is 0 Å². The lowest BCUT2D eigenvalue weighted by Gasteiger charge is -2.07. The summed E-state index contributed by atoms with van der Waals surface area (Å²) in [4.78, 5) is 11.5. The van der Waals surface area contributed by atoms with Crippen molar-refractivity contribution in [3.8, 4) is 0 Å². The highest BCUT2D eigenvalue weighted by Crippen LogP contribution is 2.29. The number of thiophene rings is 1. The fraction of sp³-hybridized carbons (Fsp3) is 0.538. The van der Waals surface area contributed by atoms with Crippen molar-refractivity contribution in [2.45, 2.75) is 33.3 Å². The number of nitrogens with one attached hydrogen (secondary N) is 1. The Hall–Kier alpha value is -1.20. The molecule has 0 bridgehead atoms. The number of aromatic nitrogens is 2. The first-order valence-electron chi connectivity index (χ1n) is 6.30. The molecule has 0 radical (unpaired) electrons. The van der Waals surface area contributed by atoms with Gasteiger partial charge in [0.15, 0.2) is 5.82 Å². The summed E-state index contributed by atoms with van der Waals surface area (Å²) in [5, 5.41) is 4.50. The highest BCUT2D eigenvalue weighted by molar-refractivity contribution is 7.18. The molecule has 0 atom stereocenters. The average molecular weight is 265 g/mol.